The molecule has 2 rings (SSSR count). The summed E-state index contributed by atoms with van der Waals surface area (Å²) in [4.78, 5) is 4.46. The van der Waals surface area contributed by atoms with E-state index in [2.05, 4.69) is 20.1 Å². The lowest BCUT2D eigenvalue weighted by molar-refractivity contribution is 0.585. The van der Waals surface area contributed by atoms with Gasteiger partial charge in [-0.25, -0.2) is 9.29 Å². The highest BCUT2D eigenvalue weighted by Crippen LogP contribution is 2.25. The van der Waals surface area contributed by atoms with Crippen molar-refractivity contribution < 1.29 is 0 Å². The minimum atomic E-state index is 1.08. The summed E-state index contributed by atoms with van der Waals surface area (Å²) in [6.07, 6.45) is 4.76. The van der Waals surface area contributed by atoms with Crippen molar-refractivity contribution >= 4 is 11.9 Å². The van der Waals surface area contributed by atoms with Crippen LogP contribution in [-0.4, -0.2) is 26.9 Å². The number of aryl methyl sites for hydroxylation is 2. The van der Waals surface area contributed by atoms with E-state index in [-0.39, 0.29) is 0 Å². The van der Waals surface area contributed by atoms with Crippen LogP contribution in [0.4, 0.5) is 0 Å². The van der Waals surface area contributed by atoms with E-state index in [0.717, 1.165) is 10.9 Å². The Labute approximate surface area is 83.3 Å². The molecule has 0 amide bonds. The lowest BCUT2D eigenvalue weighted by atomic mass is 10.4. The minimum absolute atomic E-state index is 1.08. The van der Waals surface area contributed by atoms with Gasteiger partial charge in [0.1, 0.15) is 10.9 Å². The van der Waals surface area contributed by atoms with Crippen molar-refractivity contribution in [2.75, 3.05) is 13.1 Å². The average molecular weight is 197 g/mol. The van der Waals surface area contributed by atoms with Crippen LogP contribution in [0.5, 0.6) is 0 Å². The molecule has 0 saturated carbocycles. The first-order valence-corrected chi connectivity index (χ1v) is 5.46. The lowest BCUT2D eigenvalue weighted by Crippen LogP contribution is -2.08. The second-order valence-electron chi connectivity index (χ2n) is 3.46. The van der Waals surface area contributed by atoms with Crippen molar-refractivity contribution in [1.29, 1.82) is 0 Å². The molecule has 1 fully saturated rings. The van der Waals surface area contributed by atoms with Crippen molar-refractivity contribution in [2.24, 2.45) is 7.05 Å². The number of rotatable bonds is 2. The predicted molar refractivity (Wildman–Crippen MR) is 54.6 cm³/mol. The first kappa shape index (κ1) is 9.09. The Morgan fingerprint density at radius 1 is 1.38 bits per heavy atom. The van der Waals surface area contributed by atoms with Crippen molar-refractivity contribution in [3.63, 3.8) is 0 Å². The van der Waals surface area contributed by atoms with Crippen LogP contribution in [0.25, 0.3) is 0 Å². The molecule has 0 bridgehead atoms. The first-order valence-electron chi connectivity index (χ1n) is 4.68. The molecule has 0 atom stereocenters. The van der Waals surface area contributed by atoms with Crippen LogP contribution in [0.3, 0.4) is 0 Å². The average Bonchev–Trinajstić information content (AvgIpc) is 2.64. The van der Waals surface area contributed by atoms with Gasteiger partial charge >= 0.3 is 0 Å². The van der Waals surface area contributed by atoms with Gasteiger partial charge in [0.25, 0.3) is 0 Å². The van der Waals surface area contributed by atoms with E-state index in [1.165, 1.54) is 25.9 Å². The largest absolute Gasteiger partial charge is 0.337 e. The molecule has 72 valence electrons. The molecule has 1 aromatic rings. The molecular weight excluding hydrogens is 182 g/mol. The summed E-state index contributed by atoms with van der Waals surface area (Å²) in [5.74, 6) is 1.08. The van der Waals surface area contributed by atoms with Crippen LogP contribution in [0, 0.1) is 6.92 Å². The molecule has 4 heteroatoms. The Hall–Kier alpha value is -0.480. The van der Waals surface area contributed by atoms with E-state index >= 15 is 0 Å². The van der Waals surface area contributed by atoms with Crippen molar-refractivity contribution in [2.45, 2.75) is 24.8 Å². The van der Waals surface area contributed by atoms with Crippen LogP contribution in [0.1, 0.15) is 18.7 Å². The fraction of sp³-hybridized carbons (Fsp3) is 0.667. The van der Waals surface area contributed by atoms with Gasteiger partial charge in [-0.05, 0) is 31.7 Å². The van der Waals surface area contributed by atoms with E-state index in [9.17, 15) is 0 Å². The van der Waals surface area contributed by atoms with Crippen LogP contribution in [0.2, 0.25) is 0 Å². The van der Waals surface area contributed by atoms with Crippen LogP contribution >= 0.6 is 11.9 Å². The maximum Gasteiger partial charge on any atom is 0.129 e. The summed E-state index contributed by atoms with van der Waals surface area (Å²) in [6, 6.07) is 0. The number of imidazole rings is 1. The van der Waals surface area contributed by atoms with Gasteiger partial charge < -0.3 is 4.57 Å². The molecule has 0 N–H and O–H groups in total. The van der Waals surface area contributed by atoms with Gasteiger partial charge in [-0.2, -0.15) is 0 Å². The molecule has 0 aliphatic carbocycles. The molecule has 2 heterocycles. The van der Waals surface area contributed by atoms with Gasteiger partial charge in [0, 0.05) is 26.3 Å². The van der Waals surface area contributed by atoms with E-state index < -0.39 is 0 Å². The van der Waals surface area contributed by atoms with Gasteiger partial charge in [-0.1, -0.05) is 0 Å². The molecule has 1 aliphatic rings. The zero-order valence-corrected chi connectivity index (χ0v) is 8.97. The van der Waals surface area contributed by atoms with Crippen LogP contribution in [-0.2, 0) is 7.05 Å². The van der Waals surface area contributed by atoms with Crippen molar-refractivity contribution in [1.82, 2.24) is 13.9 Å². The third-order valence-electron chi connectivity index (χ3n) is 2.37. The summed E-state index contributed by atoms with van der Waals surface area (Å²) in [5, 5.41) is 1.13. The van der Waals surface area contributed by atoms with E-state index in [0.29, 0.717) is 0 Å². The topological polar surface area (TPSA) is 21.1 Å². The monoisotopic (exact) mass is 197 g/mol. The summed E-state index contributed by atoms with van der Waals surface area (Å²) in [5.41, 5.74) is 0. The second kappa shape index (κ2) is 3.72. The standard InChI is InChI=1S/C9H15N3S/c1-8-10-9(7-11(8)2)13-12-5-3-4-6-12/h7H,3-6H2,1-2H3. The molecule has 1 saturated heterocycles. The highest BCUT2D eigenvalue weighted by molar-refractivity contribution is 7.97. The summed E-state index contributed by atoms with van der Waals surface area (Å²) in [7, 11) is 2.04. The second-order valence-corrected chi connectivity index (χ2v) is 4.58. The number of nitrogens with zero attached hydrogens (tertiary/aromatic N) is 3. The fourth-order valence-corrected chi connectivity index (χ4v) is 2.57. The molecule has 1 aromatic heterocycles. The maximum absolute atomic E-state index is 4.46. The molecule has 0 unspecified atom stereocenters. The first-order chi connectivity index (χ1) is 6.25. The zero-order valence-electron chi connectivity index (χ0n) is 8.16. The van der Waals surface area contributed by atoms with Gasteiger partial charge in [-0.3, -0.25) is 0 Å². The van der Waals surface area contributed by atoms with E-state index in [4.69, 9.17) is 0 Å². The highest BCUT2D eigenvalue weighted by atomic mass is 32.2. The van der Waals surface area contributed by atoms with Crippen molar-refractivity contribution in [3.8, 4) is 0 Å². The predicted octanol–water partition coefficient (Wildman–Crippen LogP) is 1.83. The Balaban J connectivity index is 2.00. The zero-order chi connectivity index (χ0) is 9.26. The molecular formula is C9H15N3S. The number of hydrogen-bond donors (Lipinski definition) is 0. The molecule has 0 spiro atoms. The lowest BCUT2D eigenvalue weighted by Gasteiger charge is -2.09. The highest BCUT2D eigenvalue weighted by Gasteiger charge is 2.14. The smallest absolute Gasteiger partial charge is 0.129 e. The normalized spacial score (nSPS) is 18.3. The third-order valence-corrected chi connectivity index (χ3v) is 3.38. The summed E-state index contributed by atoms with van der Waals surface area (Å²) >= 11 is 1.79. The number of aromatic nitrogens is 2. The SMILES string of the molecule is Cc1nc(SN2CCCC2)cn1C. The molecule has 0 radical (unpaired) electrons. The minimum Gasteiger partial charge on any atom is -0.337 e. The molecule has 0 aromatic carbocycles. The van der Waals surface area contributed by atoms with Gasteiger partial charge in [0.15, 0.2) is 0 Å². The van der Waals surface area contributed by atoms with Crippen LogP contribution in [0.15, 0.2) is 11.2 Å². The Morgan fingerprint density at radius 3 is 2.62 bits per heavy atom. The summed E-state index contributed by atoms with van der Waals surface area (Å²) < 4.78 is 4.46. The third kappa shape index (κ3) is 2.06. The van der Waals surface area contributed by atoms with Crippen LogP contribution < -0.4 is 0 Å². The Morgan fingerprint density at radius 2 is 2.08 bits per heavy atom. The summed E-state index contributed by atoms with van der Waals surface area (Å²) in [6.45, 7) is 4.45. The van der Waals surface area contributed by atoms with Gasteiger partial charge in [0.2, 0.25) is 0 Å². The van der Waals surface area contributed by atoms with E-state index in [1.807, 2.05) is 14.0 Å². The Kier molecular flexibility index (Phi) is 2.60. The Bertz CT molecular complexity index is 270. The molecule has 3 nitrogen and oxygen atoms in total. The maximum atomic E-state index is 4.46. The molecule has 13 heavy (non-hydrogen) atoms. The number of hydrogen-bond acceptors (Lipinski definition) is 3. The quantitative estimate of drug-likeness (QED) is 0.675. The van der Waals surface area contributed by atoms with Crippen molar-refractivity contribution in [3.05, 3.63) is 12.0 Å². The van der Waals surface area contributed by atoms with Gasteiger partial charge in [0.05, 0.1) is 0 Å². The molecule has 1 aliphatic heterocycles. The van der Waals surface area contributed by atoms with E-state index in [1.54, 1.807) is 11.9 Å². The van der Waals surface area contributed by atoms with Gasteiger partial charge in [-0.15, -0.1) is 0 Å². The fourth-order valence-electron chi connectivity index (χ4n) is 1.48.